The molecule has 0 radical (unpaired) electrons. The molecule has 2 heterocycles. The molecule has 0 bridgehead atoms. The van der Waals surface area contributed by atoms with E-state index >= 15 is 0 Å². The molecule has 1 unspecified atom stereocenters. The largest absolute Gasteiger partial charge is 0.312 e. The van der Waals surface area contributed by atoms with Gasteiger partial charge in [-0.3, -0.25) is 4.68 Å². The molecule has 3 nitrogen and oxygen atoms in total. The van der Waals surface area contributed by atoms with Crippen LogP contribution in [-0.4, -0.2) is 22.4 Å². The van der Waals surface area contributed by atoms with Crippen molar-refractivity contribution in [2.75, 3.05) is 6.54 Å². The molecule has 1 aromatic carbocycles. The van der Waals surface area contributed by atoms with Crippen LogP contribution in [0, 0.1) is 13.8 Å². The van der Waals surface area contributed by atoms with E-state index in [-0.39, 0.29) is 0 Å². The molecule has 0 saturated carbocycles. The van der Waals surface area contributed by atoms with Crippen molar-refractivity contribution in [2.24, 2.45) is 0 Å². The van der Waals surface area contributed by atoms with Crippen LogP contribution in [0.4, 0.5) is 0 Å². The van der Waals surface area contributed by atoms with Gasteiger partial charge in [0.15, 0.2) is 0 Å². The monoisotopic (exact) mass is 255 g/mol. The number of nitrogens with one attached hydrogen (secondary N) is 1. The number of benzene rings is 1. The summed E-state index contributed by atoms with van der Waals surface area (Å²) in [6.07, 6.45) is 6.70. The normalized spacial score (nSPS) is 18.9. The first-order valence-corrected chi connectivity index (χ1v) is 7.06. The van der Waals surface area contributed by atoms with Gasteiger partial charge in [0, 0.05) is 17.8 Å². The standard InChI is InChI=1S/C16H21N3/c1-12-5-3-7-16(13(12)2)14-9-18-19(10-14)11-15-6-4-8-17-15/h3,5,7,9-10,15,17H,4,6,8,11H2,1-2H3. The lowest BCUT2D eigenvalue weighted by Gasteiger charge is -2.09. The first-order valence-electron chi connectivity index (χ1n) is 7.06. The van der Waals surface area contributed by atoms with Crippen LogP contribution in [-0.2, 0) is 6.54 Å². The fourth-order valence-electron chi connectivity index (χ4n) is 2.80. The number of hydrogen-bond donors (Lipinski definition) is 1. The molecule has 19 heavy (non-hydrogen) atoms. The van der Waals surface area contributed by atoms with E-state index < -0.39 is 0 Å². The lowest BCUT2D eigenvalue weighted by Crippen LogP contribution is -2.26. The second-order valence-corrected chi connectivity index (χ2v) is 5.49. The quantitative estimate of drug-likeness (QED) is 0.914. The van der Waals surface area contributed by atoms with E-state index in [9.17, 15) is 0 Å². The Hall–Kier alpha value is -1.61. The fraction of sp³-hybridized carbons (Fsp3) is 0.438. The van der Waals surface area contributed by atoms with Crippen molar-refractivity contribution in [3.05, 3.63) is 41.7 Å². The topological polar surface area (TPSA) is 29.9 Å². The molecule has 1 aliphatic rings. The minimum absolute atomic E-state index is 0.589. The molecule has 1 atom stereocenters. The summed E-state index contributed by atoms with van der Waals surface area (Å²) >= 11 is 0. The summed E-state index contributed by atoms with van der Waals surface area (Å²) in [4.78, 5) is 0. The lowest BCUT2D eigenvalue weighted by molar-refractivity contribution is 0.476. The van der Waals surface area contributed by atoms with Gasteiger partial charge in [-0.15, -0.1) is 0 Å². The van der Waals surface area contributed by atoms with Crippen LogP contribution in [0.1, 0.15) is 24.0 Å². The molecule has 1 saturated heterocycles. The van der Waals surface area contributed by atoms with Crippen LogP contribution in [0.5, 0.6) is 0 Å². The highest BCUT2D eigenvalue weighted by Crippen LogP contribution is 2.25. The number of nitrogens with zero attached hydrogens (tertiary/aromatic N) is 2. The predicted molar refractivity (Wildman–Crippen MR) is 78.2 cm³/mol. The van der Waals surface area contributed by atoms with Crippen molar-refractivity contribution in [3.8, 4) is 11.1 Å². The highest BCUT2D eigenvalue weighted by Gasteiger charge is 2.15. The van der Waals surface area contributed by atoms with E-state index in [0.717, 1.165) is 13.1 Å². The zero-order valence-electron chi connectivity index (χ0n) is 11.7. The number of rotatable bonds is 3. The van der Waals surface area contributed by atoms with Crippen LogP contribution in [0.3, 0.4) is 0 Å². The van der Waals surface area contributed by atoms with Gasteiger partial charge in [-0.05, 0) is 49.9 Å². The Morgan fingerprint density at radius 1 is 1.37 bits per heavy atom. The number of hydrogen-bond acceptors (Lipinski definition) is 2. The van der Waals surface area contributed by atoms with Gasteiger partial charge in [0.25, 0.3) is 0 Å². The van der Waals surface area contributed by atoms with Crippen molar-refractivity contribution >= 4 is 0 Å². The van der Waals surface area contributed by atoms with Gasteiger partial charge in [-0.1, -0.05) is 18.2 Å². The van der Waals surface area contributed by atoms with Gasteiger partial charge in [0.2, 0.25) is 0 Å². The molecule has 3 rings (SSSR count). The van der Waals surface area contributed by atoms with E-state index in [4.69, 9.17) is 0 Å². The summed E-state index contributed by atoms with van der Waals surface area (Å²) in [7, 11) is 0. The van der Waals surface area contributed by atoms with Crippen LogP contribution in [0.2, 0.25) is 0 Å². The van der Waals surface area contributed by atoms with Crippen LogP contribution < -0.4 is 5.32 Å². The summed E-state index contributed by atoms with van der Waals surface area (Å²) in [6.45, 7) is 6.47. The number of aromatic nitrogens is 2. The average molecular weight is 255 g/mol. The third-order valence-electron chi connectivity index (χ3n) is 4.12. The molecule has 100 valence electrons. The van der Waals surface area contributed by atoms with Crippen LogP contribution in [0.25, 0.3) is 11.1 Å². The van der Waals surface area contributed by atoms with Gasteiger partial charge in [0.05, 0.1) is 12.7 Å². The SMILES string of the molecule is Cc1cccc(-c2cnn(CC3CCCN3)c2)c1C. The maximum atomic E-state index is 4.50. The highest BCUT2D eigenvalue weighted by atomic mass is 15.3. The summed E-state index contributed by atoms with van der Waals surface area (Å²) in [5.41, 5.74) is 5.20. The summed E-state index contributed by atoms with van der Waals surface area (Å²) in [6, 6.07) is 7.04. The van der Waals surface area contributed by atoms with Gasteiger partial charge in [0.1, 0.15) is 0 Å². The molecule has 0 aliphatic carbocycles. The average Bonchev–Trinajstić information content (AvgIpc) is 3.05. The zero-order valence-corrected chi connectivity index (χ0v) is 11.7. The Balaban J connectivity index is 1.82. The van der Waals surface area contributed by atoms with Crippen molar-refractivity contribution in [3.63, 3.8) is 0 Å². The van der Waals surface area contributed by atoms with Gasteiger partial charge in [-0.25, -0.2) is 0 Å². The molecule has 0 amide bonds. The Bertz CT molecular complexity index is 565. The molecule has 1 fully saturated rings. The van der Waals surface area contributed by atoms with E-state index in [1.807, 2.05) is 6.20 Å². The molecule has 1 N–H and O–H groups in total. The van der Waals surface area contributed by atoms with Gasteiger partial charge in [-0.2, -0.15) is 5.10 Å². The third-order valence-corrected chi connectivity index (χ3v) is 4.12. The Morgan fingerprint density at radius 2 is 2.26 bits per heavy atom. The van der Waals surface area contributed by atoms with E-state index in [1.54, 1.807) is 0 Å². The predicted octanol–water partition coefficient (Wildman–Crippen LogP) is 2.92. The van der Waals surface area contributed by atoms with Gasteiger partial charge >= 0.3 is 0 Å². The Kier molecular flexibility index (Phi) is 3.38. The summed E-state index contributed by atoms with van der Waals surface area (Å²) in [5.74, 6) is 0. The summed E-state index contributed by atoms with van der Waals surface area (Å²) in [5, 5.41) is 8.02. The second-order valence-electron chi connectivity index (χ2n) is 5.49. The smallest absolute Gasteiger partial charge is 0.0568 e. The van der Waals surface area contributed by atoms with Crippen LogP contribution >= 0.6 is 0 Å². The zero-order chi connectivity index (χ0) is 13.2. The molecule has 0 spiro atoms. The maximum absolute atomic E-state index is 4.50. The number of aryl methyl sites for hydroxylation is 1. The van der Waals surface area contributed by atoms with Crippen molar-refractivity contribution < 1.29 is 0 Å². The third kappa shape index (κ3) is 2.56. The lowest BCUT2D eigenvalue weighted by atomic mass is 9.99. The first kappa shape index (κ1) is 12.4. The van der Waals surface area contributed by atoms with Crippen LogP contribution in [0.15, 0.2) is 30.6 Å². The Labute approximate surface area is 114 Å². The minimum atomic E-state index is 0.589. The van der Waals surface area contributed by atoms with Crippen molar-refractivity contribution in [1.82, 2.24) is 15.1 Å². The Morgan fingerprint density at radius 3 is 3.05 bits per heavy atom. The van der Waals surface area contributed by atoms with E-state index in [1.165, 1.54) is 35.1 Å². The minimum Gasteiger partial charge on any atom is -0.312 e. The molecule has 3 heteroatoms. The summed E-state index contributed by atoms with van der Waals surface area (Å²) < 4.78 is 2.07. The first-order chi connectivity index (χ1) is 9.24. The molecular formula is C16H21N3. The molecule has 1 aliphatic heterocycles. The highest BCUT2D eigenvalue weighted by molar-refractivity contribution is 5.67. The molecular weight excluding hydrogens is 234 g/mol. The van der Waals surface area contributed by atoms with Crippen molar-refractivity contribution in [1.29, 1.82) is 0 Å². The molecule has 2 aromatic rings. The second kappa shape index (κ2) is 5.17. The van der Waals surface area contributed by atoms with E-state index in [2.05, 4.69) is 53.3 Å². The molecule has 1 aromatic heterocycles. The maximum Gasteiger partial charge on any atom is 0.0568 e. The fourth-order valence-corrected chi connectivity index (χ4v) is 2.80. The van der Waals surface area contributed by atoms with Gasteiger partial charge < -0.3 is 5.32 Å². The van der Waals surface area contributed by atoms with Crippen molar-refractivity contribution in [2.45, 2.75) is 39.3 Å². The van der Waals surface area contributed by atoms with E-state index in [0.29, 0.717) is 6.04 Å².